The number of hydrogen-bond acceptors (Lipinski definition) is 2. The lowest BCUT2D eigenvalue weighted by atomic mass is 9.88. The van der Waals surface area contributed by atoms with Crippen LogP contribution in [0, 0.1) is 5.92 Å². The zero-order valence-electron chi connectivity index (χ0n) is 9.64. The summed E-state index contributed by atoms with van der Waals surface area (Å²) in [6.07, 6.45) is 0. The number of ether oxygens (including phenoxy) is 1. The second-order valence-corrected chi connectivity index (χ2v) is 3.83. The minimum atomic E-state index is -0.782. The van der Waals surface area contributed by atoms with Crippen LogP contribution in [0.1, 0.15) is 25.3 Å². The number of methoxy groups -OCH3 is 1. The summed E-state index contributed by atoms with van der Waals surface area (Å²) in [6.45, 7) is 3.81. The molecule has 0 heterocycles. The molecule has 1 aromatic rings. The topological polar surface area (TPSA) is 46.5 Å². The van der Waals surface area contributed by atoms with Crippen molar-refractivity contribution in [3.05, 3.63) is 29.8 Å². The summed E-state index contributed by atoms with van der Waals surface area (Å²) in [7, 11) is 1.59. The van der Waals surface area contributed by atoms with E-state index in [0.29, 0.717) is 0 Å². The van der Waals surface area contributed by atoms with E-state index in [2.05, 4.69) is 0 Å². The number of rotatable bonds is 4. The number of benzene rings is 1. The van der Waals surface area contributed by atoms with E-state index in [-0.39, 0.29) is 18.3 Å². The number of carbonyl (C=O) groups is 1. The van der Waals surface area contributed by atoms with E-state index >= 15 is 0 Å². The molecule has 4 heteroatoms. The maximum Gasteiger partial charge on any atom is 0.311 e. The fraction of sp³-hybridized carbons (Fsp3) is 0.417. The van der Waals surface area contributed by atoms with Crippen molar-refractivity contribution >= 4 is 18.4 Å². The standard InChI is InChI=1S/C12H16O3.ClH/c1-8(2)11(12(13)14)9-4-6-10(15-3)7-5-9;/h4-8,11H,1-3H3,(H,13,14);1H. The van der Waals surface area contributed by atoms with Crippen LogP contribution in [0.4, 0.5) is 0 Å². The van der Waals surface area contributed by atoms with Gasteiger partial charge in [-0.3, -0.25) is 4.79 Å². The van der Waals surface area contributed by atoms with Crippen molar-refractivity contribution in [1.82, 2.24) is 0 Å². The van der Waals surface area contributed by atoms with Crippen LogP contribution >= 0.6 is 12.4 Å². The van der Waals surface area contributed by atoms with E-state index in [1.54, 1.807) is 31.4 Å². The Morgan fingerprint density at radius 2 is 1.75 bits per heavy atom. The molecule has 0 aliphatic heterocycles. The number of carboxylic acid groups (broad SMARTS) is 1. The summed E-state index contributed by atoms with van der Waals surface area (Å²) in [5.74, 6) is -0.409. The molecule has 1 aromatic carbocycles. The smallest absolute Gasteiger partial charge is 0.311 e. The highest BCUT2D eigenvalue weighted by Crippen LogP contribution is 2.26. The first kappa shape index (κ1) is 14.8. The highest BCUT2D eigenvalue weighted by atomic mass is 35.5. The lowest BCUT2D eigenvalue weighted by molar-refractivity contribution is -0.139. The molecule has 0 amide bonds. The molecule has 0 radical (unpaired) electrons. The van der Waals surface area contributed by atoms with Crippen LogP contribution in [-0.4, -0.2) is 18.2 Å². The zero-order valence-corrected chi connectivity index (χ0v) is 10.5. The molecule has 0 aliphatic rings. The Hall–Kier alpha value is -1.22. The molecule has 0 fully saturated rings. The minimum absolute atomic E-state index is 0. The summed E-state index contributed by atoms with van der Waals surface area (Å²) in [4.78, 5) is 11.1. The van der Waals surface area contributed by atoms with E-state index < -0.39 is 11.9 Å². The fourth-order valence-electron chi connectivity index (χ4n) is 1.62. The summed E-state index contributed by atoms with van der Waals surface area (Å²) < 4.78 is 5.02. The van der Waals surface area contributed by atoms with Crippen molar-refractivity contribution in [2.45, 2.75) is 19.8 Å². The molecule has 0 aromatic heterocycles. The van der Waals surface area contributed by atoms with Gasteiger partial charge >= 0.3 is 5.97 Å². The van der Waals surface area contributed by atoms with Crippen molar-refractivity contribution in [3.63, 3.8) is 0 Å². The molecule has 0 saturated carbocycles. The zero-order chi connectivity index (χ0) is 11.4. The average Bonchev–Trinajstić information content (AvgIpc) is 2.18. The normalized spacial score (nSPS) is 11.8. The molecule has 0 aliphatic carbocycles. The maximum atomic E-state index is 11.1. The largest absolute Gasteiger partial charge is 0.497 e. The first-order valence-corrected chi connectivity index (χ1v) is 4.93. The van der Waals surface area contributed by atoms with E-state index in [1.807, 2.05) is 13.8 Å². The van der Waals surface area contributed by atoms with Crippen molar-refractivity contribution in [2.75, 3.05) is 7.11 Å². The Morgan fingerprint density at radius 3 is 2.06 bits per heavy atom. The van der Waals surface area contributed by atoms with Crippen LogP contribution < -0.4 is 4.74 Å². The van der Waals surface area contributed by atoms with Crippen molar-refractivity contribution in [3.8, 4) is 5.75 Å². The van der Waals surface area contributed by atoms with Gasteiger partial charge in [-0.1, -0.05) is 26.0 Å². The molecule has 1 rings (SSSR count). The van der Waals surface area contributed by atoms with Crippen molar-refractivity contribution in [1.29, 1.82) is 0 Å². The molecular weight excluding hydrogens is 228 g/mol. The molecule has 0 bridgehead atoms. The van der Waals surface area contributed by atoms with Crippen molar-refractivity contribution in [2.24, 2.45) is 5.92 Å². The molecule has 1 atom stereocenters. The Bertz CT molecular complexity index is 333. The molecule has 1 N–H and O–H groups in total. The molecule has 16 heavy (non-hydrogen) atoms. The van der Waals surface area contributed by atoms with Crippen LogP contribution in [0.5, 0.6) is 5.75 Å². The average molecular weight is 245 g/mol. The van der Waals surface area contributed by atoms with E-state index in [0.717, 1.165) is 11.3 Å². The summed E-state index contributed by atoms with van der Waals surface area (Å²) >= 11 is 0. The Kier molecular flexibility index (Phi) is 5.89. The van der Waals surface area contributed by atoms with Gasteiger partial charge < -0.3 is 9.84 Å². The first-order valence-electron chi connectivity index (χ1n) is 4.93. The molecule has 90 valence electrons. The minimum Gasteiger partial charge on any atom is -0.497 e. The van der Waals surface area contributed by atoms with Gasteiger partial charge in [0.25, 0.3) is 0 Å². The third-order valence-electron chi connectivity index (χ3n) is 2.41. The fourth-order valence-corrected chi connectivity index (χ4v) is 1.62. The van der Waals surface area contributed by atoms with Crippen LogP contribution in [0.2, 0.25) is 0 Å². The summed E-state index contributed by atoms with van der Waals surface area (Å²) in [5.41, 5.74) is 0.818. The molecule has 1 unspecified atom stereocenters. The summed E-state index contributed by atoms with van der Waals surface area (Å²) in [5, 5.41) is 9.09. The third-order valence-corrected chi connectivity index (χ3v) is 2.41. The highest BCUT2D eigenvalue weighted by molar-refractivity contribution is 5.85. The predicted molar refractivity (Wildman–Crippen MR) is 65.5 cm³/mol. The van der Waals surface area contributed by atoms with E-state index in [9.17, 15) is 4.79 Å². The second kappa shape index (κ2) is 6.38. The highest BCUT2D eigenvalue weighted by Gasteiger charge is 2.23. The molecular formula is C12H17ClO3. The molecule has 0 spiro atoms. The van der Waals surface area contributed by atoms with Gasteiger partial charge in [0, 0.05) is 0 Å². The van der Waals surface area contributed by atoms with Gasteiger partial charge in [-0.2, -0.15) is 0 Å². The molecule has 3 nitrogen and oxygen atoms in total. The second-order valence-electron chi connectivity index (χ2n) is 3.83. The predicted octanol–water partition coefficient (Wildman–Crippen LogP) is 2.94. The number of aliphatic carboxylic acids is 1. The van der Waals surface area contributed by atoms with Gasteiger partial charge in [-0.15, -0.1) is 12.4 Å². The Labute approximate surface area is 102 Å². The van der Waals surface area contributed by atoms with Gasteiger partial charge in [0.15, 0.2) is 0 Å². The van der Waals surface area contributed by atoms with Crippen LogP contribution in [0.25, 0.3) is 0 Å². The Morgan fingerprint density at radius 1 is 1.25 bits per heavy atom. The summed E-state index contributed by atoms with van der Waals surface area (Å²) in [6, 6.07) is 7.18. The number of hydrogen-bond donors (Lipinski definition) is 1. The van der Waals surface area contributed by atoms with Crippen LogP contribution in [0.15, 0.2) is 24.3 Å². The number of halogens is 1. The van der Waals surface area contributed by atoms with Crippen LogP contribution in [0.3, 0.4) is 0 Å². The lowest BCUT2D eigenvalue weighted by Gasteiger charge is -2.16. The van der Waals surface area contributed by atoms with Gasteiger partial charge in [0.1, 0.15) is 5.75 Å². The van der Waals surface area contributed by atoms with Gasteiger partial charge in [-0.25, -0.2) is 0 Å². The first-order chi connectivity index (χ1) is 7.06. The monoisotopic (exact) mass is 244 g/mol. The van der Waals surface area contributed by atoms with E-state index in [4.69, 9.17) is 9.84 Å². The molecule has 0 saturated heterocycles. The quantitative estimate of drug-likeness (QED) is 0.886. The SMILES string of the molecule is COc1ccc(C(C(=O)O)C(C)C)cc1.Cl. The maximum absolute atomic E-state index is 11.1. The van der Waals surface area contributed by atoms with Gasteiger partial charge in [0.2, 0.25) is 0 Å². The van der Waals surface area contributed by atoms with Crippen molar-refractivity contribution < 1.29 is 14.6 Å². The van der Waals surface area contributed by atoms with E-state index in [1.165, 1.54) is 0 Å². The van der Waals surface area contributed by atoms with Gasteiger partial charge in [0.05, 0.1) is 13.0 Å². The third kappa shape index (κ3) is 3.42. The number of carboxylic acids is 1. The lowest BCUT2D eigenvalue weighted by Crippen LogP contribution is -2.17. The van der Waals surface area contributed by atoms with Gasteiger partial charge in [-0.05, 0) is 23.6 Å². The Balaban J connectivity index is 0.00000225. The van der Waals surface area contributed by atoms with Crippen LogP contribution in [-0.2, 0) is 4.79 Å².